The third-order valence-corrected chi connectivity index (χ3v) is 3.49. The van der Waals surface area contributed by atoms with Crippen molar-refractivity contribution in [2.75, 3.05) is 14.2 Å². The van der Waals surface area contributed by atoms with Gasteiger partial charge in [-0.1, -0.05) is 6.07 Å². The van der Waals surface area contributed by atoms with E-state index in [-0.39, 0.29) is 6.04 Å². The minimum Gasteiger partial charge on any atom is -0.493 e. The van der Waals surface area contributed by atoms with E-state index in [1.807, 2.05) is 24.7 Å². The zero-order valence-electron chi connectivity index (χ0n) is 13.0. The zero-order valence-corrected chi connectivity index (χ0v) is 13.0. The fourth-order valence-electron chi connectivity index (χ4n) is 2.41. The van der Waals surface area contributed by atoms with Gasteiger partial charge in [0.05, 0.1) is 20.5 Å². The van der Waals surface area contributed by atoms with Gasteiger partial charge in [0.2, 0.25) is 0 Å². The Kier molecular flexibility index (Phi) is 5.22. The second-order valence-corrected chi connectivity index (χ2v) is 5.16. The van der Waals surface area contributed by atoms with E-state index in [1.165, 1.54) is 5.56 Å². The topological polar surface area (TPSA) is 48.3 Å². The maximum absolute atomic E-state index is 5.35. The molecule has 0 radical (unpaired) electrons. The van der Waals surface area contributed by atoms with Gasteiger partial charge >= 0.3 is 0 Å². The summed E-state index contributed by atoms with van der Waals surface area (Å²) in [5.41, 5.74) is 1.17. The average molecular weight is 289 g/mol. The molecule has 0 spiro atoms. The van der Waals surface area contributed by atoms with Gasteiger partial charge in [-0.3, -0.25) is 0 Å². The molecule has 114 valence electrons. The number of ether oxygens (including phenoxy) is 2. The van der Waals surface area contributed by atoms with Crippen LogP contribution >= 0.6 is 0 Å². The summed E-state index contributed by atoms with van der Waals surface area (Å²) in [7, 11) is 3.30. The monoisotopic (exact) mass is 289 g/mol. The number of nitrogens with one attached hydrogen (secondary N) is 1. The second-order valence-electron chi connectivity index (χ2n) is 5.16. The Morgan fingerprint density at radius 1 is 1.19 bits per heavy atom. The van der Waals surface area contributed by atoms with Crippen molar-refractivity contribution in [3.8, 4) is 11.5 Å². The number of rotatable bonds is 7. The van der Waals surface area contributed by atoms with E-state index in [0.29, 0.717) is 6.04 Å². The number of benzene rings is 1. The predicted molar refractivity (Wildman–Crippen MR) is 82.8 cm³/mol. The third-order valence-electron chi connectivity index (χ3n) is 3.49. The van der Waals surface area contributed by atoms with Crippen LogP contribution in [0.3, 0.4) is 0 Å². The van der Waals surface area contributed by atoms with Crippen LogP contribution in [0.15, 0.2) is 36.9 Å². The maximum atomic E-state index is 5.35. The van der Waals surface area contributed by atoms with Gasteiger partial charge in [0.25, 0.3) is 0 Å². The molecule has 21 heavy (non-hydrogen) atoms. The normalized spacial score (nSPS) is 13.7. The fraction of sp³-hybridized carbons (Fsp3) is 0.438. The summed E-state index contributed by atoms with van der Waals surface area (Å²) < 4.78 is 12.7. The number of hydrogen-bond donors (Lipinski definition) is 1. The molecule has 0 amide bonds. The van der Waals surface area contributed by atoms with E-state index in [4.69, 9.17) is 9.47 Å². The first kappa shape index (κ1) is 15.4. The Morgan fingerprint density at radius 3 is 2.57 bits per heavy atom. The van der Waals surface area contributed by atoms with Crippen molar-refractivity contribution < 1.29 is 9.47 Å². The Morgan fingerprint density at radius 2 is 1.95 bits per heavy atom. The van der Waals surface area contributed by atoms with Gasteiger partial charge in [0.1, 0.15) is 0 Å². The molecule has 1 aromatic heterocycles. The standard InChI is InChI=1S/C16H23N3O2/c1-12(10-19-8-7-17-11-19)18-13(2)14-5-6-15(20-3)16(9-14)21-4/h5-9,11-13,18H,10H2,1-4H3. The fourth-order valence-corrected chi connectivity index (χ4v) is 2.41. The Balaban J connectivity index is 2.00. The van der Waals surface area contributed by atoms with Crippen molar-refractivity contribution in [1.29, 1.82) is 0 Å². The van der Waals surface area contributed by atoms with Gasteiger partial charge in [-0.25, -0.2) is 4.98 Å². The molecule has 0 aliphatic rings. The molecule has 2 aromatic rings. The molecule has 1 aromatic carbocycles. The first-order chi connectivity index (χ1) is 10.1. The highest BCUT2D eigenvalue weighted by molar-refractivity contribution is 5.43. The van der Waals surface area contributed by atoms with E-state index in [2.05, 4.69) is 34.8 Å². The van der Waals surface area contributed by atoms with Crippen molar-refractivity contribution in [3.63, 3.8) is 0 Å². The Bertz CT molecular complexity index is 555. The molecule has 1 N–H and O–H groups in total. The lowest BCUT2D eigenvalue weighted by Gasteiger charge is -2.21. The number of imidazole rings is 1. The summed E-state index contributed by atoms with van der Waals surface area (Å²) in [5.74, 6) is 1.51. The highest BCUT2D eigenvalue weighted by Gasteiger charge is 2.12. The lowest BCUT2D eigenvalue weighted by atomic mass is 10.1. The largest absolute Gasteiger partial charge is 0.493 e. The summed E-state index contributed by atoms with van der Waals surface area (Å²) in [6.45, 7) is 5.19. The van der Waals surface area contributed by atoms with E-state index < -0.39 is 0 Å². The van der Waals surface area contributed by atoms with Gasteiger partial charge in [-0.15, -0.1) is 0 Å². The van der Waals surface area contributed by atoms with Crippen LogP contribution in [-0.2, 0) is 6.54 Å². The van der Waals surface area contributed by atoms with Crippen LogP contribution in [0.4, 0.5) is 0 Å². The zero-order chi connectivity index (χ0) is 15.2. The lowest BCUT2D eigenvalue weighted by molar-refractivity contribution is 0.353. The van der Waals surface area contributed by atoms with Crippen LogP contribution < -0.4 is 14.8 Å². The first-order valence-corrected chi connectivity index (χ1v) is 7.07. The molecular weight excluding hydrogens is 266 g/mol. The molecule has 5 nitrogen and oxygen atoms in total. The van der Waals surface area contributed by atoms with Gasteiger partial charge in [-0.05, 0) is 31.5 Å². The summed E-state index contributed by atoms with van der Waals surface area (Å²) in [6.07, 6.45) is 5.60. The molecule has 5 heteroatoms. The molecule has 2 rings (SSSR count). The minimum absolute atomic E-state index is 0.225. The molecule has 0 bridgehead atoms. The third kappa shape index (κ3) is 3.98. The highest BCUT2D eigenvalue weighted by Crippen LogP contribution is 2.29. The molecule has 0 aliphatic carbocycles. The maximum Gasteiger partial charge on any atom is 0.161 e. The van der Waals surface area contributed by atoms with E-state index >= 15 is 0 Å². The van der Waals surface area contributed by atoms with Gasteiger partial charge < -0.3 is 19.4 Å². The van der Waals surface area contributed by atoms with E-state index in [1.54, 1.807) is 20.4 Å². The van der Waals surface area contributed by atoms with Crippen molar-refractivity contribution >= 4 is 0 Å². The second kappa shape index (κ2) is 7.13. The predicted octanol–water partition coefficient (Wildman–Crippen LogP) is 2.64. The average Bonchev–Trinajstić information content (AvgIpc) is 2.99. The number of aromatic nitrogens is 2. The minimum atomic E-state index is 0.225. The lowest BCUT2D eigenvalue weighted by Crippen LogP contribution is -2.32. The smallest absolute Gasteiger partial charge is 0.161 e. The molecule has 0 saturated heterocycles. The molecule has 0 fully saturated rings. The molecule has 0 saturated carbocycles. The molecule has 2 atom stereocenters. The summed E-state index contributed by atoms with van der Waals surface area (Å²) in [6, 6.07) is 6.57. The van der Waals surface area contributed by atoms with E-state index in [0.717, 1.165) is 18.0 Å². The number of nitrogens with zero attached hydrogens (tertiary/aromatic N) is 2. The van der Waals surface area contributed by atoms with Crippen LogP contribution in [0, 0.1) is 0 Å². The van der Waals surface area contributed by atoms with Crippen LogP contribution in [0.25, 0.3) is 0 Å². The number of methoxy groups -OCH3 is 2. The summed E-state index contributed by atoms with van der Waals surface area (Å²) >= 11 is 0. The van der Waals surface area contributed by atoms with Crippen molar-refractivity contribution in [2.24, 2.45) is 0 Å². The quantitative estimate of drug-likeness (QED) is 0.851. The first-order valence-electron chi connectivity index (χ1n) is 7.07. The Labute approximate surface area is 125 Å². The number of hydrogen-bond acceptors (Lipinski definition) is 4. The van der Waals surface area contributed by atoms with E-state index in [9.17, 15) is 0 Å². The summed E-state index contributed by atoms with van der Waals surface area (Å²) in [4.78, 5) is 4.06. The molecule has 0 aliphatic heterocycles. The van der Waals surface area contributed by atoms with Crippen LogP contribution in [-0.4, -0.2) is 29.8 Å². The SMILES string of the molecule is COc1ccc(C(C)NC(C)Cn2ccnc2)cc1OC. The van der Waals surface area contributed by atoms with Crippen molar-refractivity contribution in [2.45, 2.75) is 32.5 Å². The molecular formula is C16H23N3O2. The van der Waals surface area contributed by atoms with Crippen molar-refractivity contribution in [3.05, 3.63) is 42.5 Å². The molecule has 2 unspecified atom stereocenters. The van der Waals surface area contributed by atoms with Gasteiger partial charge in [-0.2, -0.15) is 0 Å². The highest BCUT2D eigenvalue weighted by atomic mass is 16.5. The van der Waals surface area contributed by atoms with Crippen LogP contribution in [0.2, 0.25) is 0 Å². The Hall–Kier alpha value is -2.01. The molecule has 1 heterocycles. The van der Waals surface area contributed by atoms with Crippen LogP contribution in [0.1, 0.15) is 25.5 Å². The van der Waals surface area contributed by atoms with Crippen molar-refractivity contribution in [1.82, 2.24) is 14.9 Å². The van der Waals surface area contributed by atoms with Crippen LogP contribution in [0.5, 0.6) is 11.5 Å². The summed E-state index contributed by atoms with van der Waals surface area (Å²) in [5, 5.41) is 3.58. The van der Waals surface area contributed by atoms with Gasteiger partial charge in [0, 0.05) is 31.0 Å². The van der Waals surface area contributed by atoms with Gasteiger partial charge in [0.15, 0.2) is 11.5 Å².